The molecule has 1 heterocycles. The minimum Gasteiger partial charge on any atom is -0.497 e. The summed E-state index contributed by atoms with van der Waals surface area (Å²) >= 11 is 6.15. The predicted molar refractivity (Wildman–Crippen MR) is 64.6 cm³/mol. The number of aryl methyl sites for hydroxylation is 1. The molecule has 0 aliphatic rings. The zero-order valence-electron chi connectivity index (χ0n) is 9.07. The molecule has 0 spiro atoms. The van der Waals surface area contributed by atoms with E-state index in [4.69, 9.17) is 22.1 Å². The van der Waals surface area contributed by atoms with Gasteiger partial charge in [0, 0.05) is 24.4 Å². The van der Waals surface area contributed by atoms with Crippen molar-refractivity contribution in [3.8, 4) is 16.9 Å². The molecule has 0 aliphatic heterocycles. The molecule has 5 heteroatoms. The van der Waals surface area contributed by atoms with Crippen molar-refractivity contribution in [2.75, 3.05) is 12.8 Å². The summed E-state index contributed by atoms with van der Waals surface area (Å²) in [6.07, 6.45) is 1.84. The molecule has 2 N–H and O–H groups in total. The Morgan fingerprint density at radius 3 is 2.62 bits per heavy atom. The summed E-state index contributed by atoms with van der Waals surface area (Å²) in [6, 6.07) is 5.46. The zero-order chi connectivity index (χ0) is 11.7. The van der Waals surface area contributed by atoms with Gasteiger partial charge in [-0.2, -0.15) is 5.10 Å². The van der Waals surface area contributed by atoms with Crippen LogP contribution in [-0.4, -0.2) is 16.9 Å². The van der Waals surface area contributed by atoms with Crippen LogP contribution >= 0.6 is 11.6 Å². The smallest absolute Gasteiger partial charge is 0.153 e. The molecule has 2 aromatic rings. The van der Waals surface area contributed by atoms with E-state index in [0.29, 0.717) is 10.8 Å². The van der Waals surface area contributed by atoms with Crippen molar-refractivity contribution in [2.24, 2.45) is 7.05 Å². The van der Waals surface area contributed by atoms with Gasteiger partial charge in [0.1, 0.15) is 5.75 Å². The summed E-state index contributed by atoms with van der Waals surface area (Å²) in [6.45, 7) is 0. The molecule has 0 saturated heterocycles. The lowest BCUT2D eigenvalue weighted by Gasteiger charge is -2.05. The van der Waals surface area contributed by atoms with Gasteiger partial charge in [0.05, 0.1) is 12.1 Å². The standard InChI is InChI=1S/C11H12ClN3O/c1-15-6-9(11(13)14-15)8-4-3-7(16-2)5-10(8)12/h3-6H,1-2H3,(H2,13,14). The number of halogens is 1. The second-order valence-corrected chi connectivity index (χ2v) is 3.85. The second-order valence-electron chi connectivity index (χ2n) is 3.45. The average molecular weight is 238 g/mol. The molecule has 2 rings (SSSR count). The van der Waals surface area contributed by atoms with E-state index >= 15 is 0 Å². The lowest BCUT2D eigenvalue weighted by molar-refractivity contribution is 0.415. The van der Waals surface area contributed by atoms with Crippen molar-refractivity contribution in [3.05, 3.63) is 29.4 Å². The third-order valence-electron chi connectivity index (χ3n) is 2.32. The minimum absolute atomic E-state index is 0.467. The summed E-state index contributed by atoms with van der Waals surface area (Å²) in [7, 11) is 3.42. The minimum atomic E-state index is 0.467. The maximum atomic E-state index is 6.15. The maximum Gasteiger partial charge on any atom is 0.153 e. The Morgan fingerprint density at radius 2 is 2.12 bits per heavy atom. The fraction of sp³-hybridized carbons (Fsp3) is 0.182. The van der Waals surface area contributed by atoms with Gasteiger partial charge in [-0.25, -0.2) is 0 Å². The molecule has 16 heavy (non-hydrogen) atoms. The normalized spacial score (nSPS) is 10.4. The first-order valence-electron chi connectivity index (χ1n) is 4.75. The number of nitrogens with zero attached hydrogens (tertiary/aromatic N) is 2. The Kier molecular flexibility index (Phi) is 2.75. The molecule has 0 radical (unpaired) electrons. The highest BCUT2D eigenvalue weighted by atomic mass is 35.5. The van der Waals surface area contributed by atoms with E-state index in [0.717, 1.165) is 16.9 Å². The summed E-state index contributed by atoms with van der Waals surface area (Å²) in [5, 5.41) is 4.67. The average Bonchev–Trinajstić information content (AvgIpc) is 2.57. The maximum absolute atomic E-state index is 6.15. The number of ether oxygens (including phenoxy) is 1. The first-order valence-corrected chi connectivity index (χ1v) is 5.12. The number of aromatic nitrogens is 2. The lowest BCUT2D eigenvalue weighted by Crippen LogP contribution is -1.91. The van der Waals surface area contributed by atoms with Crippen molar-refractivity contribution in [2.45, 2.75) is 0 Å². The molecule has 0 aliphatic carbocycles. The third-order valence-corrected chi connectivity index (χ3v) is 2.64. The molecular weight excluding hydrogens is 226 g/mol. The molecule has 0 unspecified atom stereocenters. The topological polar surface area (TPSA) is 53.1 Å². The molecule has 84 valence electrons. The van der Waals surface area contributed by atoms with E-state index in [-0.39, 0.29) is 0 Å². The number of hydrogen-bond acceptors (Lipinski definition) is 3. The molecule has 0 bridgehead atoms. The Balaban J connectivity index is 2.52. The molecule has 1 aromatic carbocycles. The number of rotatable bonds is 2. The van der Waals surface area contributed by atoms with Crippen molar-refractivity contribution in [1.29, 1.82) is 0 Å². The van der Waals surface area contributed by atoms with E-state index in [1.54, 1.807) is 17.9 Å². The number of benzene rings is 1. The monoisotopic (exact) mass is 237 g/mol. The molecule has 4 nitrogen and oxygen atoms in total. The van der Waals surface area contributed by atoms with Crippen LogP contribution in [0.2, 0.25) is 5.02 Å². The molecular formula is C11H12ClN3O. The number of anilines is 1. The van der Waals surface area contributed by atoms with Gasteiger partial charge in [-0.15, -0.1) is 0 Å². The summed E-state index contributed by atoms with van der Waals surface area (Å²) in [4.78, 5) is 0. The lowest BCUT2D eigenvalue weighted by atomic mass is 10.1. The van der Waals surface area contributed by atoms with Crippen molar-refractivity contribution >= 4 is 17.4 Å². The van der Waals surface area contributed by atoms with Gasteiger partial charge >= 0.3 is 0 Å². The Morgan fingerprint density at radius 1 is 1.38 bits per heavy atom. The van der Waals surface area contributed by atoms with Crippen LogP contribution in [0.15, 0.2) is 24.4 Å². The van der Waals surface area contributed by atoms with E-state index < -0.39 is 0 Å². The Labute approximate surface area is 98.6 Å². The zero-order valence-corrected chi connectivity index (χ0v) is 9.82. The van der Waals surface area contributed by atoms with Crippen LogP contribution in [0.4, 0.5) is 5.82 Å². The van der Waals surface area contributed by atoms with Gasteiger partial charge in [-0.05, 0) is 18.2 Å². The van der Waals surface area contributed by atoms with Gasteiger partial charge in [0.25, 0.3) is 0 Å². The summed E-state index contributed by atoms with van der Waals surface area (Å²) < 4.78 is 6.74. The Bertz CT molecular complexity index is 522. The van der Waals surface area contributed by atoms with Gasteiger partial charge in [0.2, 0.25) is 0 Å². The van der Waals surface area contributed by atoms with Crippen LogP contribution in [0.1, 0.15) is 0 Å². The van der Waals surface area contributed by atoms with Gasteiger partial charge in [-0.3, -0.25) is 4.68 Å². The van der Waals surface area contributed by atoms with Crippen LogP contribution in [0.3, 0.4) is 0 Å². The van der Waals surface area contributed by atoms with E-state index in [9.17, 15) is 0 Å². The third kappa shape index (κ3) is 1.84. The van der Waals surface area contributed by atoms with Crippen LogP contribution < -0.4 is 10.5 Å². The highest BCUT2D eigenvalue weighted by molar-refractivity contribution is 6.33. The van der Waals surface area contributed by atoms with Gasteiger partial charge in [-0.1, -0.05) is 11.6 Å². The SMILES string of the molecule is COc1ccc(-c2cn(C)nc2N)c(Cl)c1. The highest BCUT2D eigenvalue weighted by Crippen LogP contribution is 2.33. The molecule has 0 atom stereocenters. The molecule has 1 aromatic heterocycles. The molecule has 0 amide bonds. The van der Waals surface area contributed by atoms with E-state index in [2.05, 4.69) is 5.10 Å². The van der Waals surface area contributed by atoms with Crippen molar-refractivity contribution in [3.63, 3.8) is 0 Å². The van der Waals surface area contributed by atoms with Gasteiger partial charge < -0.3 is 10.5 Å². The fourth-order valence-electron chi connectivity index (χ4n) is 1.55. The highest BCUT2D eigenvalue weighted by Gasteiger charge is 2.10. The summed E-state index contributed by atoms with van der Waals surface area (Å²) in [5.74, 6) is 1.19. The summed E-state index contributed by atoms with van der Waals surface area (Å²) in [5.41, 5.74) is 7.47. The predicted octanol–water partition coefficient (Wildman–Crippen LogP) is 2.33. The van der Waals surface area contributed by atoms with E-state index in [1.807, 2.05) is 25.4 Å². The fourth-order valence-corrected chi connectivity index (χ4v) is 1.83. The van der Waals surface area contributed by atoms with Crippen LogP contribution in [0.5, 0.6) is 5.75 Å². The van der Waals surface area contributed by atoms with Crippen LogP contribution in [0, 0.1) is 0 Å². The number of methoxy groups -OCH3 is 1. The van der Waals surface area contributed by atoms with Crippen LogP contribution in [-0.2, 0) is 7.05 Å². The van der Waals surface area contributed by atoms with Crippen molar-refractivity contribution < 1.29 is 4.74 Å². The number of hydrogen-bond donors (Lipinski definition) is 1. The van der Waals surface area contributed by atoms with Crippen LogP contribution in [0.25, 0.3) is 11.1 Å². The Hall–Kier alpha value is -1.68. The first kappa shape index (κ1) is 10.8. The van der Waals surface area contributed by atoms with E-state index in [1.165, 1.54) is 0 Å². The van der Waals surface area contributed by atoms with Gasteiger partial charge in [0.15, 0.2) is 5.82 Å². The second kappa shape index (κ2) is 4.06. The quantitative estimate of drug-likeness (QED) is 0.872. The molecule has 0 saturated carbocycles. The number of nitrogens with two attached hydrogens (primary N) is 1. The molecule has 0 fully saturated rings. The largest absolute Gasteiger partial charge is 0.497 e. The van der Waals surface area contributed by atoms with Crippen molar-refractivity contribution in [1.82, 2.24) is 9.78 Å². The number of nitrogen functional groups attached to an aromatic ring is 1. The first-order chi connectivity index (χ1) is 7.61.